The number of hydrogen-bond acceptors (Lipinski definition) is 2. The molecule has 2 rings (SSSR count). The summed E-state index contributed by atoms with van der Waals surface area (Å²) in [5.41, 5.74) is -0.0452. The lowest BCUT2D eigenvalue weighted by Crippen LogP contribution is -2.00. The fraction of sp³-hybridized carbons (Fsp3) is 0.0714. The van der Waals surface area contributed by atoms with Crippen molar-refractivity contribution in [2.45, 2.75) is 16.7 Å². The summed E-state index contributed by atoms with van der Waals surface area (Å²) in [4.78, 5) is 11.5. The first-order chi connectivity index (χ1) is 9.41. The summed E-state index contributed by atoms with van der Waals surface area (Å²) in [5.74, 6) is -5.24. The van der Waals surface area contributed by atoms with E-state index in [0.717, 1.165) is 17.8 Å². The van der Waals surface area contributed by atoms with Gasteiger partial charge in [-0.1, -0.05) is 23.9 Å². The van der Waals surface area contributed by atoms with E-state index < -0.39 is 23.4 Å². The maximum Gasteiger partial charge on any atom is 0.336 e. The van der Waals surface area contributed by atoms with Crippen LogP contribution in [0.15, 0.2) is 40.1 Å². The first kappa shape index (κ1) is 14.5. The number of halogens is 3. The van der Waals surface area contributed by atoms with E-state index in [4.69, 9.17) is 5.11 Å². The second kappa shape index (κ2) is 5.58. The molecule has 0 heterocycles. The molecule has 2 aromatic carbocycles. The molecule has 20 heavy (non-hydrogen) atoms. The zero-order valence-electron chi connectivity index (χ0n) is 10.3. The molecular formula is C14H9F3O2S. The maximum atomic E-state index is 13.5. The Kier molecular flexibility index (Phi) is 4.04. The fourth-order valence-corrected chi connectivity index (χ4v) is 2.68. The number of carboxylic acids is 1. The lowest BCUT2D eigenvalue weighted by molar-refractivity contribution is 0.0693. The molecule has 1 N–H and O–H groups in total. The van der Waals surface area contributed by atoms with Crippen molar-refractivity contribution in [3.05, 3.63) is 58.9 Å². The highest BCUT2D eigenvalue weighted by Crippen LogP contribution is 2.35. The van der Waals surface area contributed by atoms with Gasteiger partial charge in [-0.15, -0.1) is 0 Å². The highest BCUT2D eigenvalue weighted by Gasteiger charge is 2.18. The highest BCUT2D eigenvalue weighted by atomic mass is 32.2. The summed E-state index contributed by atoms with van der Waals surface area (Å²) >= 11 is 0.879. The Labute approximate surface area is 117 Å². The largest absolute Gasteiger partial charge is 0.478 e. The van der Waals surface area contributed by atoms with Crippen LogP contribution >= 0.6 is 11.8 Å². The van der Waals surface area contributed by atoms with Crippen LogP contribution in [0.1, 0.15) is 15.9 Å². The Bertz CT molecular complexity index is 686. The van der Waals surface area contributed by atoms with Gasteiger partial charge in [0.1, 0.15) is 0 Å². The molecule has 0 saturated heterocycles. The lowest BCUT2D eigenvalue weighted by Gasteiger charge is -2.10. The molecule has 0 aliphatic heterocycles. The van der Waals surface area contributed by atoms with Gasteiger partial charge in [-0.25, -0.2) is 18.0 Å². The third kappa shape index (κ3) is 2.65. The molecule has 0 spiro atoms. The molecular weight excluding hydrogens is 289 g/mol. The zero-order valence-corrected chi connectivity index (χ0v) is 11.1. The number of benzene rings is 2. The summed E-state index contributed by atoms with van der Waals surface area (Å²) < 4.78 is 39.8. The summed E-state index contributed by atoms with van der Waals surface area (Å²) in [5, 5.41) is 9.04. The molecule has 2 nitrogen and oxygen atoms in total. The monoisotopic (exact) mass is 298 g/mol. The second-order valence-electron chi connectivity index (χ2n) is 4.01. The van der Waals surface area contributed by atoms with Crippen LogP contribution in [0, 0.1) is 24.4 Å². The topological polar surface area (TPSA) is 37.3 Å². The molecule has 0 radical (unpaired) electrons. The van der Waals surface area contributed by atoms with E-state index in [2.05, 4.69) is 0 Å². The molecule has 0 aliphatic carbocycles. The highest BCUT2D eigenvalue weighted by molar-refractivity contribution is 7.99. The van der Waals surface area contributed by atoms with Crippen LogP contribution in [-0.4, -0.2) is 11.1 Å². The molecule has 2 aromatic rings. The number of carboxylic acid groups (broad SMARTS) is 1. The molecule has 0 fully saturated rings. The number of carbonyl (C=O) groups is 1. The summed E-state index contributed by atoms with van der Waals surface area (Å²) in [6.45, 7) is 1.31. The van der Waals surface area contributed by atoms with E-state index in [1.165, 1.54) is 19.1 Å². The predicted octanol–water partition coefficient (Wildman–Crippen LogP) is 4.26. The minimum atomic E-state index is -1.53. The van der Waals surface area contributed by atoms with Crippen molar-refractivity contribution in [1.82, 2.24) is 0 Å². The third-order valence-electron chi connectivity index (χ3n) is 2.70. The van der Waals surface area contributed by atoms with Crippen molar-refractivity contribution < 1.29 is 23.1 Å². The first-order valence-electron chi connectivity index (χ1n) is 5.56. The second-order valence-corrected chi connectivity index (χ2v) is 5.10. The molecule has 0 unspecified atom stereocenters. The Morgan fingerprint density at radius 1 is 1.10 bits per heavy atom. The standard InChI is InChI=1S/C14H9F3O2S/c1-7-11(6-9(15)13(17)12(7)16)20-10-5-3-2-4-8(10)14(18)19/h2-6H,1H3,(H,18,19). The maximum absolute atomic E-state index is 13.5. The van der Waals surface area contributed by atoms with Gasteiger partial charge in [-0.05, 0) is 25.1 Å². The van der Waals surface area contributed by atoms with Gasteiger partial charge in [-0.2, -0.15) is 0 Å². The molecule has 6 heteroatoms. The number of rotatable bonds is 3. The SMILES string of the molecule is Cc1c(Sc2ccccc2C(=O)O)cc(F)c(F)c1F. The number of hydrogen-bond donors (Lipinski definition) is 1. The first-order valence-corrected chi connectivity index (χ1v) is 6.37. The van der Waals surface area contributed by atoms with Crippen molar-refractivity contribution in [2.24, 2.45) is 0 Å². The van der Waals surface area contributed by atoms with E-state index in [0.29, 0.717) is 4.90 Å². The van der Waals surface area contributed by atoms with E-state index in [1.54, 1.807) is 12.1 Å². The Morgan fingerprint density at radius 3 is 2.40 bits per heavy atom. The molecule has 0 saturated carbocycles. The molecule has 0 aliphatic rings. The van der Waals surface area contributed by atoms with Crippen LogP contribution < -0.4 is 0 Å². The summed E-state index contributed by atoms with van der Waals surface area (Å²) in [6, 6.07) is 6.92. The van der Waals surface area contributed by atoms with Gasteiger partial charge in [0.05, 0.1) is 5.56 Å². The number of aromatic carboxylic acids is 1. The van der Waals surface area contributed by atoms with Crippen LogP contribution in [0.25, 0.3) is 0 Å². The Balaban J connectivity index is 2.49. The minimum Gasteiger partial charge on any atom is -0.478 e. The molecule has 0 amide bonds. The average molecular weight is 298 g/mol. The van der Waals surface area contributed by atoms with Crippen molar-refractivity contribution in [3.63, 3.8) is 0 Å². The van der Waals surface area contributed by atoms with Gasteiger partial charge in [0.25, 0.3) is 0 Å². The average Bonchev–Trinajstić information content (AvgIpc) is 2.43. The van der Waals surface area contributed by atoms with E-state index in [1.807, 2.05) is 0 Å². The van der Waals surface area contributed by atoms with Gasteiger partial charge < -0.3 is 5.11 Å². The molecule has 0 aromatic heterocycles. The molecule has 0 bridgehead atoms. The third-order valence-corrected chi connectivity index (χ3v) is 3.92. The van der Waals surface area contributed by atoms with Crippen LogP contribution in [0.5, 0.6) is 0 Å². The molecule has 0 atom stereocenters. The van der Waals surface area contributed by atoms with Crippen molar-refractivity contribution in [1.29, 1.82) is 0 Å². The molecule has 104 valence electrons. The zero-order chi connectivity index (χ0) is 14.9. The van der Waals surface area contributed by atoms with Crippen LogP contribution in [0.2, 0.25) is 0 Å². The van der Waals surface area contributed by atoms with Crippen LogP contribution in [0.3, 0.4) is 0 Å². The van der Waals surface area contributed by atoms with Crippen LogP contribution in [-0.2, 0) is 0 Å². The fourth-order valence-electron chi connectivity index (χ4n) is 1.62. The lowest BCUT2D eigenvalue weighted by atomic mass is 10.2. The van der Waals surface area contributed by atoms with Gasteiger partial charge in [0.2, 0.25) is 0 Å². The normalized spacial score (nSPS) is 10.6. The smallest absolute Gasteiger partial charge is 0.336 e. The van der Waals surface area contributed by atoms with Crippen molar-refractivity contribution in [3.8, 4) is 0 Å². The van der Waals surface area contributed by atoms with E-state index >= 15 is 0 Å². The van der Waals surface area contributed by atoms with Crippen molar-refractivity contribution in [2.75, 3.05) is 0 Å². The summed E-state index contributed by atoms with van der Waals surface area (Å²) in [6.07, 6.45) is 0. The summed E-state index contributed by atoms with van der Waals surface area (Å²) in [7, 11) is 0. The quantitative estimate of drug-likeness (QED) is 0.860. The minimum absolute atomic E-state index is 0.0158. The predicted molar refractivity (Wildman–Crippen MR) is 68.6 cm³/mol. The van der Waals surface area contributed by atoms with Gasteiger partial charge in [-0.3, -0.25) is 0 Å². The van der Waals surface area contributed by atoms with Gasteiger partial charge >= 0.3 is 5.97 Å². The van der Waals surface area contributed by atoms with E-state index in [-0.39, 0.29) is 16.0 Å². The van der Waals surface area contributed by atoms with Crippen molar-refractivity contribution >= 4 is 17.7 Å². The van der Waals surface area contributed by atoms with Gasteiger partial charge in [0, 0.05) is 15.4 Å². The van der Waals surface area contributed by atoms with E-state index in [9.17, 15) is 18.0 Å². The Morgan fingerprint density at radius 2 is 1.75 bits per heavy atom. The van der Waals surface area contributed by atoms with Gasteiger partial charge in [0.15, 0.2) is 17.5 Å². The van der Waals surface area contributed by atoms with Crippen LogP contribution in [0.4, 0.5) is 13.2 Å². The Hall–Kier alpha value is -1.95.